The molecule has 2 atom stereocenters. The van der Waals surface area contributed by atoms with E-state index < -0.39 is 0 Å². The first-order valence-electron chi connectivity index (χ1n) is 6.57. The Morgan fingerprint density at radius 3 is 2.57 bits per heavy atom. The molecule has 1 nitrogen and oxygen atoms in total. The molecular weight excluding hydrogens is 170 g/mol. The number of rotatable bonds is 6. The lowest BCUT2D eigenvalue weighted by Gasteiger charge is -2.28. The van der Waals surface area contributed by atoms with E-state index in [-0.39, 0.29) is 0 Å². The van der Waals surface area contributed by atoms with Crippen LogP contribution in [0.1, 0.15) is 58.8 Å². The SMILES string of the molecule is CCCNCCC1CCCC(CC)C1. The molecule has 1 saturated carbocycles. The van der Waals surface area contributed by atoms with Crippen LogP contribution in [0.4, 0.5) is 0 Å². The van der Waals surface area contributed by atoms with Crippen LogP contribution in [0.25, 0.3) is 0 Å². The van der Waals surface area contributed by atoms with Gasteiger partial charge in [-0.25, -0.2) is 0 Å². The van der Waals surface area contributed by atoms with Crippen molar-refractivity contribution in [2.75, 3.05) is 13.1 Å². The Hall–Kier alpha value is -0.0400. The summed E-state index contributed by atoms with van der Waals surface area (Å²) in [5, 5.41) is 3.52. The summed E-state index contributed by atoms with van der Waals surface area (Å²) in [4.78, 5) is 0. The molecule has 0 aromatic rings. The van der Waals surface area contributed by atoms with E-state index in [1.165, 1.54) is 58.0 Å². The van der Waals surface area contributed by atoms with Gasteiger partial charge in [-0.05, 0) is 44.2 Å². The van der Waals surface area contributed by atoms with Gasteiger partial charge in [0.1, 0.15) is 0 Å². The van der Waals surface area contributed by atoms with Gasteiger partial charge in [0.05, 0.1) is 0 Å². The molecule has 0 aliphatic heterocycles. The van der Waals surface area contributed by atoms with E-state index in [4.69, 9.17) is 0 Å². The third kappa shape index (κ3) is 4.45. The lowest BCUT2D eigenvalue weighted by Crippen LogP contribution is -2.22. The lowest BCUT2D eigenvalue weighted by atomic mass is 9.79. The minimum absolute atomic E-state index is 1.03. The first kappa shape index (κ1) is 12.0. The van der Waals surface area contributed by atoms with Crippen LogP contribution >= 0.6 is 0 Å². The second-order valence-electron chi connectivity index (χ2n) is 4.85. The topological polar surface area (TPSA) is 12.0 Å². The first-order valence-corrected chi connectivity index (χ1v) is 6.57. The van der Waals surface area contributed by atoms with E-state index in [0.29, 0.717) is 0 Å². The lowest BCUT2D eigenvalue weighted by molar-refractivity contribution is 0.248. The quantitative estimate of drug-likeness (QED) is 0.642. The fourth-order valence-electron chi connectivity index (χ4n) is 2.64. The second-order valence-corrected chi connectivity index (χ2v) is 4.85. The number of hydrogen-bond acceptors (Lipinski definition) is 1. The van der Waals surface area contributed by atoms with Crippen molar-refractivity contribution in [3.63, 3.8) is 0 Å². The zero-order valence-corrected chi connectivity index (χ0v) is 10.0. The highest BCUT2D eigenvalue weighted by molar-refractivity contribution is 4.72. The van der Waals surface area contributed by atoms with Gasteiger partial charge in [-0.2, -0.15) is 0 Å². The van der Waals surface area contributed by atoms with Gasteiger partial charge in [-0.3, -0.25) is 0 Å². The van der Waals surface area contributed by atoms with Gasteiger partial charge in [-0.1, -0.05) is 39.5 Å². The van der Waals surface area contributed by atoms with Gasteiger partial charge in [0.15, 0.2) is 0 Å². The summed E-state index contributed by atoms with van der Waals surface area (Å²) >= 11 is 0. The molecule has 14 heavy (non-hydrogen) atoms. The van der Waals surface area contributed by atoms with Crippen LogP contribution < -0.4 is 5.32 Å². The molecule has 0 bridgehead atoms. The summed E-state index contributed by atoms with van der Waals surface area (Å²) < 4.78 is 0. The van der Waals surface area contributed by atoms with Crippen molar-refractivity contribution in [2.24, 2.45) is 11.8 Å². The smallest absolute Gasteiger partial charge is 0.00463 e. The number of hydrogen-bond donors (Lipinski definition) is 1. The van der Waals surface area contributed by atoms with E-state index in [1.807, 2.05) is 0 Å². The molecule has 0 amide bonds. The third-order valence-electron chi connectivity index (χ3n) is 3.62. The molecule has 0 radical (unpaired) electrons. The minimum Gasteiger partial charge on any atom is -0.317 e. The van der Waals surface area contributed by atoms with Crippen LogP contribution in [-0.4, -0.2) is 13.1 Å². The average molecular weight is 197 g/mol. The molecule has 0 spiro atoms. The molecule has 0 aromatic carbocycles. The van der Waals surface area contributed by atoms with Gasteiger partial charge < -0.3 is 5.32 Å². The summed E-state index contributed by atoms with van der Waals surface area (Å²) in [7, 11) is 0. The summed E-state index contributed by atoms with van der Waals surface area (Å²) in [5.41, 5.74) is 0. The van der Waals surface area contributed by atoms with Gasteiger partial charge in [-0.15, -0.1) is 0 Å². The van der Waals surface area contributed by atoms with Crippen LogP contribution in [0.5, 0.6) is 0 Å². The fourth-order valence-corrected chi connectivity index (χ4v) is 2.64. The summed E-state index contributed by atoms with van der Waals surface area (Å²) in [6.45, 7) is 7.03. The highest BCUT2D eigenvalue weighted by atomic mass is 14.8. The molecule has 1 aliphatic rings. The minimum atomic E-state index is 1.03. The standard InChI is InChI=1S/C13H27N/c1-3-9-14-10-8-13-7-5-6-12(4-2)11-13/h12-14H,3-11H2,1-2H3. The van der Waals surface area contributed by atoms with Gasteiger partial charge >= 0.3 is 0 Å². The van der Waals surface area contributed by atoms with Gasteiger partial charge in [0.25, 0.3) is 0 Å². The first-order chi connectivity index (χ1) is 6.86. The molecule has 1 heteroatoms. The molecule has 84 valence electrons. The Morgan fingerprint density at radius 2 is 1.86 bits per heavy atom. The van der Waals surface area contributed by atoms with E-state index >= 15 is 0 Å². The highest BCUT2D eigenvalue weighted by Gasteiger charge is 2.19. The largest absolute Gasteiger partial charge is 0.317 e. The van der Waals surface area contributed by atoms with Crippen molar-refractivity contribution in [2.45, 2.75) is 58.8 Å². The van der Waals surface area contributed by atoms with E-state index in [2.05, 4.69) is 19.2 Å². The van der Waals surface area contributed by atoms with E-state index in [1.54, 1.807) is 0 Å². The molecule has 1 fully saturated rings. The predicted molar refractivity (Wildman–Crippen MR) is 63.5 cm³/mol. The Morgan fingerprint density at radius 1 is 1.07 bits per heavy atom. The highest BCUT2D eigenvalue weighted by Crippen LogP contribution is 2.32. The van der Waals surface area contributed by atoms with Gasteiger partial charge in [0, 0.05) is 0 Å². The maximum absolute atomic E-state index is 3.52. The maximum Gasteiger partial charge on any atom is -0.00463 e. The van der Waals surface area contributed by atoms with E-state index in [9.17, 15) is 0 Å². The number of nitrogens with one attached hydrogen (secondary N) is 1. The van der Waals surface area contributed by atoms with Crippen molar-refractivity contribution >= 4 is 0 Å². The molecule has 1 rings (SSSR count). The fraction of sp³-hybridized carbons (Fsp3) is 1.00. The Bertz CT molecular complexity index is 133. The maximum atomic E-state index is 3.52. The van der Waals surface area contributed by atoms with E-state index in [0.717, 1.165) is 11.8 Å². The van der Waals surface area contributed by atoms with Crippen LogP contribution in [0, 0.1) is 11.8 Å². The zero-order valence-electron chi connectivity index (χ0n) is 10.0. The molecular formula is C13H27N. The van der Waals surface area contributed by atoms with Crippen molar-refractivity contribution in [1.29, 1.82) is 0 Å². The molecule has 1 aliphatic carbocycles. The molecule has 1 N–H and O–H groups in total. The predicted octanol–water partition coefficient (Wildman–Crippen LogP) is 3.59. The average Bonchev–Trinajstić information content (AvgIpc) is 2.25. The van der Waals surface area contributed by atoms with Gasteiger partial charge in [0.2, 0.25) is 0 Å². The van der Waals surface area contributed by atoms with Crippen molar-refractivity contribution < 1.29 is 0 Å². The van der Waals surface area contributed by atoms with Crippen molar-refractivity contribution in [3.05, 3.63) is 0 Å². The molecule has 2 unspecified atom stereocenters. The monoisotopic (exact) mass is 197 g/mol. The Labute approximate surface area is 89.7 Å². The van der Waals surface area contributed by atoms with Crippen molar-refractivity contribution in [1.82, 2.24) is 5.32 Å². The Balaban J connectivity index is 2.05. The second kappa shape index (κ2) is 7.28. The summed E-state index contributed by atoms with van der Waals surface area (Å²) in [6.07, 6.45) is 10.1. The van der Waals surface area contributed by atoms with Crippen LogP contribution in [0.3, 0.4) is 0 Å². The summed E-state index contributed by atoms with van der Waals surface area (Å²) in [6, 6.07) is 0. The summed E-state index contributed by atoms with van der Waals surface area (Å²) in [5.74, 6) is 2.07. The zero-order chi connectivity index (χ0) is 10.2. The van der Waals surface area contributed by atoms with Crippen LogP contribution in [0.2, 0.25) is 0 Å². The van der Waals surface area contributed by atoms with Crippen molar-refractivity contribution in [3.8, 4) is 0 Å². The van der Waals surface area contributed by atoms with Crippen LogP contribution in [0.15, 0.2) is 0 Å². The normalized spacial score (nSPS) is 27.9. The molecule has 0 aromatic heterocycles. The molecule has 0 heterocycles. The third-order valence-corrected chi connectivity index (χ3v) is 3.62. The van der Waals surface area contributed by atoms with Crippen LogP contribution in [-0.2, 0) is 0 Å². The Kier molecular flexibility index (Phi) is 6.25. The molecule has 0 saturated heterocycles.